The van der Waals surface area contributed by atoms with Crippen LogP contribution in [0.5, 0.6) is 5.75 Å². The van der Waals surface area contributed by atoms with Gasteiger partial charge in [-0.2, -0.15) is 0 Å². The van der Waals surface area contributed by atoms with Crippen molar-refractivity contribution >= 4 is 5.97 Å². The Bertz CT molecular complexity index is 345. The fourth-order valence-corrected chi connectivity index (χ4v) is 1.31. The maximum atomic E-state index is 11.5. The molecular weight excluding hydrogens is 192 g/mol. The molecule has 0 radical (unpaired) electrons. The highest BCUT2D eigenvalue weighted by Gasteiger charge is 2.13. The molecule has 0 unspecified atom stereocenters. The first-order valence-corrected chi connectivity index (χ1v) is 5.18. The molecule has 0 spiro atoms. The van der Waals surface area contributed by atoms with Crippen molar-refractivity contribution in [3.05, 3.63) is 29.3 Å². The van der Waals surface area contributed by atoms with Gasteiger partial charge in [0.05, 0.1) is 6.61 Å². The Hall–Kier alpha value is -1.51. The van der Waals surface area contributed by atoms with Crippen molar-refractivity contribution in [3.8, 4) is 5.75 Å². The summed E-state index contributed by atoms with van der Waals surface area (Å²) >= 11 is 0. The molecule has 1 aromatic rings. The third-order valence-corrected chi connectivity index (χ3v) is 2.16. The number of ether oxygens (including phenoxy) is 1. The highest BCUT2D eigenvalue weighted by Crippen LogP contribution is 2.23. The molecule has 3 heteroatoms. The summed E-state index contributed by atoms with van der Waals surface area (Å²) < 4.78 is 4.96. The van der Waals surface area contributed by atoms with E-state index in [1.165, 1.54) is 0 Å². The molecule has 0 saturated carbocycles. The topological polar surface area (TPSA) is 46.5 Å². The molecule has 1 rings (SSSR count). The second-order valence-electron chi connectivity index (χ2n) is 3.30. The average Bonchev–Trinajstić information content (AvgIpc) is 2.26. The van der Waals surface area contributed by atoms with Crippen LogP contribution >= 0.6 is 0 Å². The molecule has 1 aromatic carbocycles. The Morgan fingerprint density at radius 3 is 2.73 bits per heavy atom. The van der Waals surface area contributed by atoms with Crippen LogP contribution < -0.4 is 0 Å². The van der Waals surface area contributed by atoms with E-state index in [-0.39, 0.29) is 11.3 Å². The maximum absolute atomic E-state index is 11.5. The first kappa shape index (κ1) is 11.6. The zero-order valence-electron chi connectivity index (χ0n) is 9.12. The van der Waals surface area contributed by atoms with Crippen LogP contribution in [-0.2, 0) is 11.2 Å². The van der Waals surface area contributed by atoms with Crippen molar-refractivity contribution in [3.63, 3.8) is 0 Å². The third kappa shape index (κ3) is 2.72. The lowest BCUT2D eigenvalue weighted by molar-refractivity contribution is 0.0501. The van der Waals surface area contributed by atoms with Gasteiger partial charge >= 0.3 is 5.97 Å². The summed E-state index contributed by atoms with van der Waals surface area (Å²) in [5, 5.41) is 9.76. The van der Waals surface area contributed by atoms with E-state index < -0.39 is 5.97 Å². The molecule has 0 bridgehead atoms. The second kappa shape index (κ2) is 5.39. The van der Waals surface area contributed by atoms with E-state index in [4.69, 9.17) is 4.74 Å². The molecule has 0 aliphatic carbocycles. The van der Waals surface area contributed by atoms with E-state index in [1.807, 2.05) is 13.8 Å². The molecule has 0 aliphatic heterocycles. The molecular formula is C12H16O3. The first-order chi connectivity index (χ1) is 7.20. The summed E-state index contributed by atoms with van der Waals surface area (Å²) in [6.07, 6.45) is 1.47. The van der Waals surface area contributed by atoms with E-state index in [0.29, 0.717) is 13.0 Å². The van der Waals surface area contributed by atoms with Crippen LogP contribution in [0.1, 0.15) is 36.2 Å². The molecule has 1 N–H and O–H groups in total. The quantitative estimate of drug-likeness (QED) is 0.773. The SMILES string of the molecule is CCCOC(=O)c1cccc(CC)c1O. The van der Waals surface area contributed by atoms with E-state index >= 15 is 0 Å². The largest absolute Gasteiger partial charge is 0.507 e. The highest BCUT2D eigenvalue weighted by molar-refractivity contribution is 5.92. The third-order valence-electron chi connectivity index (χ3n) is 2.16. The second-order valence-corrected chi connectivity index (χ2v) is 3.30. The minimum atomic E-state index is -0.454. The number of hydrogen-bond donors (Lipinski definition) is 1. The van der Waals surface area contributed by atoms with Crippen molar-refractivity contribution in [2.24, 2.45) is 0 Å². The summed E-state index contributed by atoms with van der Waals surface area (Å²) in [5.74, 6) is -0.411. The standard InChI is InChI=1S/C12H16O3/c1-3-8-15-12(14)10-7-5-6-9(4-2)11(10)13/h5-7,13H,3-4,8H2,1-2H3. The van der Waals surface area contributed by atoms with Crippen molar-refractivity contribution in [1.29, 1.82) is 0 Å². The molecule has 0 aliphatic rings. The summed E-state index contributed by atoms with van der Waals surface area (Å²) in [6, 6.07) is 5.12. The van der Waals surface area contributed by atoms with Gasteiger partial charge in [0.1, 0.15) is 11.3 Å². The lowest BCUT2D eigenvalue weighted by Gasteiger charge is -2.07. The van der Waals surface area contributed by atoms with Crippen LogP contribution in [0.4, 0.5) is 0 Å². The number of phenolic OH excluding ortho intramolecular Hbond substituents is 1. The van der Waals surface area contributed by atoms with Gasteiger partial charge in [-0.25, -0.2) is 4.79 Å². The smallest absolute Gasteiger partial charge is 0.341 e. The lowest BCUT2D eigenvalue weighted by Crippen LogP contribution is -2.06. The van der Waals surface area contributed by atoms with Crippen LogP contribution in [-0.4, -0.2) is 17.7 Å². The van der Waals surface area contributed by atoms with E-state index in [2.05, 4.69) is 0 Å². The number of esters is 1. The fraction of sp³-hybridized carbons (Fsp3) is 0.417. The number of phenols is 1. The van der Waals surface area contributed by atoms with Gasteiger partial charge in [-0.05, 0) is 24.5 Å². The number of para-hydroxylation sites is 1. The number of aryl methyl sites for hydroxylation is 1. The maximum Gasteiger partial charge on any atom is 0.341 e. The molecule has 0 fully saturated rings. The van der Waals surface area contributed by atoms with Gasteiger partial charge in [0.25, 0.3) is 0 Å². The summed E-state index contributed by atoms with van der Waals surface area (Å²) in [4.78, 5) is 11.5. The molecule has 0 heterocycles. The Labute approximate surface area is 89.7 Å². The molecule has 0 saturated heterocycles. The molecule has 3 nitrogen and oxygen atoms in total. The number of aromatic hydroxyl groups is 1. The van der Waals surface area contributed by atoms with E-state index in [9.17, 15) is 9.90 Å². The van der Waals surface area contributed by atoms with Crippen LogP contribution in [0.3, 0.4) is 0 Å². The Morgan fingerprint density at radius 2 is 2.13 bits per heavy atom. The van der Waals surface area contributed by atoms with Gasteiger partial charge in [0.2, 0.25) is 0 Å². The first-order valence-electron chi connectivity index (χ1n) is 5.18. The zero-order chi connectivity index (χ0) is 11.3. The zero-order valence-corrected chi connectivity index (χ0v) is 9.12. The van der Waals surface area contributed by atoms with Gasteiger partial charge in [0.15, 0.2) is 0 Å². The van der Waals surface area contributed by atoms with Gasteiger partial charge in [-0.3, -0.25) is 0 Å². The molecule has 0 aromatic heterocycles. The summed E-state index contributed by atoms with van der Waals surface area (Å²) in [5.41, 5.74) is 1.02. The van der Waals surface area contributed by atoms with Crippen LogP contribution in [0.25, 0.3) is 0 Å². The minimum Gasteiger partial charge on any atom is -0.507 e. The summed E-state index contributed by atoms with van der Waals surface area (Å²) in [7, 11) is 0. The van der Waals surface area contributed by atoms with Gasteiger partial charge < -0.3 is 9.84 Å². The molecule has 0 atom stereocenters. The predicted octanol–water partition coefficient (Wildman–Crippen LogP) is 2.52. The lowest BCUT2D eigenvalue weighted by atomic mass is 10.1. The molecule has 82 valence electrons. The van der Waals surface area contributed by atoms with E-state index in [1.54, 1.807) is 18.2 Å². The fourth-order valence-electron chi connectivity index (χ4n) is 1.31. The number of carbonyl (C=O) groups excluding carboxylic acids is 1. The van der Waals surface area contributed by atoms with E-state index in [0.717, 1.165) is 12.0 Å². The minimum absolute atomic E-state index is 0.0427. The van der Waals surface area contributed by atoms with Crippen molar-refractivity contribution in [2.45, 2.75) is 26.7 Å². The summed E-state index contributed by atoms with van der Waals surface area (Å²) in [6.45, 7) is 4.24. The van der Waals surface area contributed by atoms with Crippen molar-refractivity contribution in [1.82, 2.24) is 0 Å². The Balaban J connectivity index is 2.89. The van der Waals surface area contributed by atoms with Crippen LogP contribution in [0.2, 0.25) is 0 Å². The van der Waals surface area contributed by atoms with Gasteiger partial charge in [-0.15, -0.1) is 0 Å². The van der Waals surface area contributed by atoms with Crippen molar-refractivity contribution in [2.75, 3.05) is 6.61 Å². The molecule has 15 heavy (non-hydrogen) atoms. The number of carbonyl (C=O) groups is 1. The Kier molecular flexibility index (Phi) is 4.16. The molecule has 0 amide bonds. The normalized spacial score (nSPS) is 10.0. The van der Waals surface area contributed by atoms with Crippen LogP contribution in [0.15, 0.2) is 18.2 Å². The monoisotopic (exact) mass is 208 g/mol. The predicted molar refractivity (Wildman–Crippen MR) is 58.1 cm³/mol. The Morgan fingerprint density at radius 1 is 1.40 bits per heavy atom. The van der Waals surface area contributed by atoms with Gasteiger partial charge in [-0.1, -0.05) is 26.0 Å². The number of rotatable bonds is 4. The van der Waals surface area contributed by atoms with Gasteiger partial charge in [0, 0.05) is 0 Å². The average molecular weight is 208 g/mol. The number of benzene rings is 1. The van der Waals surface area contributed by atoms with Crippen LogP contribution in [0, 0.1) is 0 Å². The highest BCUT2D eigenvalue weighted by atomic mass is 16.5. The van der Waals surface area contributed by atoms with Crippen molar-refractivity contribution < 1.29 is 14.6 Å². The number of hydrogen-bond acceptors (Lipinski definition) is 3.